The fraction of sp³-hybridized carbons (Fsp3) is 0.959. The van der Waals surface area contributed by atoms with E-state index < -0.39 is 75.7 Å². The molecular formula is C49H95O13P. The van der Waals surface area contributed by atoms with Crippen molar-refractivity contribution in [2.24, 2.45) is 0 Å². The highest BCUT2D eigenvalue weighted by Gasteiger charge is 2.51. The van der Waals surface area contributed by atoms with Crippen LogP contribution >= 0.6 is 7.82 Å². The lowest BCUT2D eigenvalue weighted by atomic mass is 9.85. The van der Waals surface area contributed by atoms with Gasteiger partial charge in [0.15, 0.2) is 6.10 Å². The highest BCUT2D eigenvalue weighted by Crippen LogP contribution is 2.47. The average molecular weight is 923 g/mol. The summed E-state index contributed by atoms with van der Waals surface area (Å²) >= 11 is 0. The summed E-state index contributed by atoms with van der Waals surface area (Å²) in [6, 6.07) is 0. The second-order valence-corrected chi connectivity index (χ2v) is 19.8. The Labute approximate surface area is 382 Å². The third-order valence-corrected chi connectivity index (χ3v) is 13.4. The van der Waals surface area contributed by atoms with Gasteiger partial charge in [-0.1, -0.05) is 219 Å². The van der Waals surface area contributed by atoms with E-state index in [1.807, 2.05) is 0 Å². The molecule has 0 heterocycles. The number of rotatable bonds is 44. The summed E-state index contributed by atoms with van der Waals surface area (Å²) in [6.07, 6.45) is 28.6. The summed E-state index contributed by atoms with van der Waals surface area (Å²) in [5, 5.41) is 50.2. The van der Waals surface area contributed by atoms with Crippen molar-refractivity contribution >= 4 is 19.8 Å². The maximum Gasteiger partial charge on any atom is 0.472 e. The molecular weight excluding hydrogens is 828 g/mol. The van der Waals surface area contributed by atoms with Crippen molar-refractivity contribution < 1.29 is 63.1 Å². The van der Waals surface area contributed by atoms with E-state index in [9.17, 15) is 44.6 Å². The van der Waals surface area contributed by atoms with Crippen LogP contribution in [0.4, 0.5) is 0 Å². The summed E-state index contributed by atoms with van der Waals surface area (Å²) in [4.78, 5) is 35.8. The number of phosphoric acid groups is 1. The minimum Gasteiger partial charge on any atom is -0.462 e. The van der Waals surface area contributed by atoms with Gasteiger partial charge in [0.05, 0.1) is 6.61 Å². The third-order valence-electron chi connectivity index (χ3n) is 12.4. The first-order valence-corrected chi connectivity index (χ1v) is 27.3. The van der Waals surface area contributed by atoms with Crippen LogP contribution in [0.3, 0.4) is 0 Å². The van der Waals surface area contributed by atoms with Crippen LogP contribution in [0, 0.1) is 0 Å². The third kappa shape index (κ3) is 32.2. The number of unbranched alkanes of at least 4 members (excludes halogenated alkanes) is 32. The van der Waals surface area contributed by atoms with Gasteiger partial charge in [-0.05, 0) is 12.8 Å². The zero-order valence-electron chi connectivity index (χ0n) is 39.9. The van der Waals surface area contributed by atoms with E-state index >= 15 is 0 Å². The first kappa shape index (κ1) is 59.9. The molecule has 0 spiro atoms. The van der Waals surface area contributed by atoms with Crippen LogP contribution in [0.15, 0.2) is 0 Å². The fourth-order valence-electron chi connectivity index (χ4n) is 8.29. The summed E-state index contributed by atoms with van der Waals surface area (Å²) in [7, 11) is -5.11. The lowest BCUT2D eigenvalue weighted by Crippen LogP contribution is -2.64. The number of carbonyl (C=O) groups is 2. The summed E-state index contributed by atoms with van der Waals surface area (Å²) in [5.74, 6) is -1.08. The Morgan fingerprint density at radius 2 is 0.714 bits per heavy atom. The van der Waals surface area contributed by atoms with E-state index in [4.69, 9.17) is 18.5 Å². The van der Waals surface area contributed by atoms with Crippen LogP contribution in [0.2, 0.25) is 0 Å². The van der Waals surface area contributed by atoms with E-state index in [2.05, 4.69) is 13.8 Å². The van der Waals surface area contributed by atoms with Gasteiger partial charge >= 0.3 is 19.8 Å². The molecule has 1 fully saturated rings. The van der Waals surface area contributed by atoms with Gasteiger partial charge < -0.3 is 39.9 Å². The number of esters is 2. The van der Waals surface area contributed by atoms with Crippen molar-refractivity contribution in [3.05, 3.63) is 0 Å². The van der Waals surface area contributed by atoms with E-state index in [1.165, 1.54) is 167 Å². The lowest BCUT2D eigenvalue weighted by molar-refractivity contribution is -0.220. The number of carbonyl (C=O) groups excluding carboxylic acids is 2. The molecule has 1 saturated carbocycles. The van der Waals surface area contributed by atoms with Crippen LogP contribution < -0.4 is 0 Å². The predicted molar refractivity (Wildman–Crippen MR) is 249 cm³/mol. The predicted octanol–water partition coefficient (Wildman–Crippen LogP) is 10.8. The summed E-state index contributed by atoms with van der Waals surface area (Å²) in [5.41, 5.74) is 0. The second kappa shape index (κ2) is 40.0. The number of hydrogen-bond acceptors (Lipinski definition) is 12. The molecule has 1 aliphatic rings. The van der Waals surface area contributed by atoms with Crippen LogP contribution in [0.1, 0.15) is 245 Å². The molecule has 6 unspecified atom stereocenters. The molecule has 0 bridgehead atoms. The Hall–Kier alpha value is -1.15. The fourth-order valence-corrected chi connectivity index (χ4v) is 9.26. The standard InChI is InChI=1S/C49H95O13P/c1-3-5-7-9-11-13-15-17-19-20-21-22-24-26-28-30-32-34-36-38-43(51)61-41(40-60-63(57,58)62-49-47(55)45(53)44(52)46(54)48(49)56)39-59-42(50)37-35-33-31-29-27-25-23-18-16-14-12-10-8-6-4-2/h41,44-49,52-56H,3-40H2,1-2H3,(H,57,58)/t41-,44?,45-,46?,47?,48?,49?/m1/s1. The number of aliphatic hydroxyl groups is 5. The van der Waals surface area contributed by atoms with Gasteiger partial charge in [0, 0.05) is 12.8 Å². The number of ether oxygens (including phenoxy) is 2. The molecule has 1 rings (SSSR count). The molecule has 0 aromatic carbocycles. The van der Waals surface area contributed by atoms with Crippen molar-refractivity contribution in [2.45, 2.75) is 288 Å². The minimum absolute atomic E-state index is 0.105. The number of phosphoric ester groups is 1. The van der Waals surface area contributed by atoms with Crippen molar-refractivity contribution in [3.8, 4) is 0 Å². The zero-order chi connectivity index (χ0) is 46.4. The summed E-state index contributed by atoms with van der Waals surface area (Å²) in [6.45, 7) is 3.35. The van der Waals surface area contributed by atoms with Gasteiger partial charge in [0.2, 0.25) is 0 Å². The molecule has 0 radical (unpaired) electrons. The highest BCUT2D eigenvalue weighted by atomic mass is 31.2. The van der Waals surface area contributed by atoms with Crippen LogP contribution in [-0.4, -0.2) is 98.3 Å². The smallest absolute Gasteiger partial charge is 0.462 e. The molecule has 13 nitrogen and oxygen atoms in total. The lowest BCUT2D eigenvalue weighted by Gasteiger charge is -2.41. The summed E-state index contributed by atoms with van der Waals surface area (Å²) < 4.78 is 33.6. The van der Waals surface area contributed by atoms with Gasteiger partial charge in [0.1, 0.15) is 43.2 Å². The highest BCUT2D eigenvalue weighted by molar-refractivity contribution is 7.47. The van der Waals surface area contributed by atoms with E-state index in [0.29, 0.717) is 12.8 Å². The van der Waals surface area contributed by atoms with Gasteiger partial charge in [-0.25, -0.2) is 4.57 Å². The minimum atomic E-state index is -5.11. The molecule has 6 N–H and O–H groups in total. The molecule has 0 aliphatic heterocycles. The molecule has 374 valence electrons. The van der Waals surface area contributed by atoms with Crippen LogP contribution in [-0.2, 0) is 32.7 Å². The second-order valence-electron chi connectivity index (χ2n) is 18.4. The Morgan fingerprint density at radius 1 is 0.429 bits per heavy atom. The maximum atomic E-state index is 12.8. The molecule has 0 aromatic heterocycles. The van der Waals surface area contributed by atoms with Crippen LogP contribution in [0.25, 0.3) is 0 Å². The molecule has 1 aliphatic carbocycles. The zero-order valence-corrected chi connectivity index (χ0v) is 40.8. The molecule has 0 amide bonds. The molecule has 63 heavy (non-hydrogen) atoms. The Kier molecular flexibility index (Phi) is 38.0. The van der Waals surface area contributed by atoms with Crippen LogP contribution in [0.5, 0.6) is 0 Å². The Morgan fingerprint density at radius 3 is 1.05 bits per heavy atom. The Bertz CT molecular complexity index is 1110. The van der Waals surface area contributed by atoms with Crippen molar-refractivity contribution in [1.29, 1.82) is 0 Å². The van der Waals surface area contributed by atoms with Gasteiger partial charge in [-0.2, -0.15) is 0 Å². The quantitative estimate of drug-likeness (QED) is 0.0191. The molecule has 14 heteroatoms. The average Bonchev–Trinajstić information content (AvgIpc) is 3.26. The maximum absolute atomic E-state index is 12.8. The normalized spacial score (nSPS) is 21.6. The number of hydrogen-bond donors (Lipinski definition) is 6. The molecule has 0 saturated heterocycles. The van der Waals surface area contributed by atoms with Gasteiger partial charge in [0.25, 0.3) is 0 Å². The van der Waals surface area contributed by atoms with Gasteiger partial charge in [-0.3, -0.25) is 18.6 Å². The SMILES string of the molecule is CCCCCCCCCCCCCCCCCCCCCC(=O)O[C@H](COC(=O)CCCCCCCCCCCCCCCCC)COP(=O)(O)OC1C(O)C(O)C(O)[C@@H](O)C1O. The van der Waals surface area contributed by atoms with Crippen molar-refractivity contribution in [3.63, 3.8) is 0 Å². The van der Waals surface area contributed by atoms with E-state index in [0.717, 1.165) is 38.5 Å². The largest absolute Gasteiger partial charge is 0.472 e. The first-order valence-electron chi connectivity index (χ1n) is 25.8. The molecule has 0 aromatic rings. The van der Waals surface area contributed by atoms with Gasteiger partial charge in [-0.15, -0.1) is 0 Å². The van der Waals surface area contributed by atoms with Crippen molar-refractivity contribution in [1.82, 2.24) is 0 Å². The van der Waals surface area contributed by atoms with E-state index in [1.54, 1.807) is 0 Å². The topological polar surface area (TPSA) is 210 Å². The van der Waals surface area contributed by atoms with E-state index in [-0.39, 0.29) is 12.8 Å². The monoisotopic (exact) mass is 923 g/mol. The number of aliphatic hydroxyl groups excluding tert-OH is 5. The Balaban J connectivity index is 2.38. The molecule has 8 atom stereocenters. The first-order chi connectivity index (χ1) is 30.4. The van der Waals surface area contributed by atoms with Crippen molar-refractivity contribution in [2.75, 3.05) is 13.2 Å².